The van der Waals surface area contributed by atoms with Crippen LogP contribution in [0, 0.1) is 11.3 Å². The fourth-order valence-electron chi connectivity index (χ4n) is 2.67. The van der Waals surface area contributed by atoms with Gasteiger partial charge < -0.3 is 10.1 Å². The van der Waals surface area contributed by atoms with Crippen molar-refractivity contribution in [3.05, 3.63) is 81.8 Å². The van der Waals surface area contributed by atoms with E-state index in [0.717, 1.165) is 0 Å². The van der Waals surface area contributed by atoms with Gasteiger partial charge in [-0.2, -0.15) is 5.26 Å². The molecule has 0 bridgehead atoms. The molecule has 0 spiro atoms. The van der Waals surface area contributed by atoms with E-state index < -0.39 is 15.9 Å². The van der Waals surface area contributed by atoms with Crippen LogP contribution < -0.4 is 14.8 Å². The molecular weight excluding hydrogens is 461 g/mol. The second-order valence-corrected chi connectivity index (χ2v) is 8.74. The SMILES string of the molecule is COc1ccc(C(=O)Nc2cccc(C#N)c2)cc1S(=O)(=O)Nc1cc(Cl)ccc1Cl. The number of hydrogen-bond donors (Lipinski definition) is 2. The van der Waals surface area contributed by atoms with Crippen LogP contribution >= 0.6 is 23.2 Å². The Balaban J connectivity index is 1.95. The molecule has 0 aliphatic rings. The highest BCUT2D eigenvalue weighted by atomic mass is 35.5. The summed E-state index contributed by atoms with van der Waals surface area (Å²) >= 11 is 12.0. The van der Waals surface area contributed by atoms with Crippen LogP contribution in [0.3, 0.4) is 0 Å². The van der Waals surface area contributed by atoms with Crippen LogP contribution in [0.15, 0.2) is 65.6 Å². The van der Waals surface area contributed by atoms with Crippen molar-refractivity contribution in [3.63, 3.8) is 0 Å². The minimum atomic E-state index is -4.18. The van der Waals surface area contributed by atoms with Gasteiger partial charge in [-0.25, -0.2) is 8.42 Å². The lowest BCUT2D eigenvalue weighted by Gasteiger charge is -2.14. The number of nitrogens with zero attached hydrogens (tertiary/aromatic N) is 1. The van der Waals surface area contributed by atoms with E-state index in [1.165, 1.54) is 49.6 Å². The first kappa shape index (κ1) is 22.4. The summed E-state index contributed by atoms with van der Waals surface area (Å²) in [5.41, 5.74) is 0.923. The number of carbonyl (C=O) groups is 1. The summed E-state index contributed by atoms with van der Waals surface area (Å²) in [4.78, 5) is 12.4. The number of carbonyl (C=O) groups excluding carboxylic acids is 1. The third kappa shape index (κ3) is 5.27. The van der Waals surface area contributed by atoms with E-state index in [1.54, 1.807) is 18.2 Å². The highest BCUT2D eigenvalue weighted by molar-refractivity contribution is 7.92. The van der Waals surface area contributed by atoms with Crippen LogP contribution in [-0.2, 0) is 10.0 Å². The monoisotopic (exact) mass is 475 g/mol. The molecule has 10 heteroatoms. The lowest BCUT2D eigenvalue weighted by molar-refractivity contribution is 0.102. The lowest BCUT2D eigenvalue weighted by atomic mass is 10.2. The van der Waals surface area contributed by atoms with Gasteiger partial charge in [0, 0.05) is 16.3 Å². The molecule has 7 nitrogen and oxygen atoms in total. The number of anilines is 2. The van der Waals surface area contributed by atoms with Gasteiger partial charge in [0.25, 0.3) is 15.9 Å². The Labute approximate surface area is 189 Å². The first-order valence-corrected chi connectivity index (χ1v) is 10.9. The largest absolute Gasteiger partial charge is 0.495 e. The topological polar surface area (TPSA) is 108 Å². The number of nitrogens with one attached hydrogen (secondary N) is 2. The van der Waals surface area contributed by atoms with Crippen molar-refractivity contribution in [2.45, 2.75) is 4.90 Å². The summed E-state index contributed by atoms with van der Waals surface area (Å²) in [6.45, 7) is 0. The number of ether oxygens (including phenoxy) is 1. The van der Waals surface area contributed by atoms with Crippen LogP contribution in [0.2, 0.25) is 10.0 Å². The standard InChI is InChI=1S/C21H15Cl2N3O4S/c1-30-19-8-5-14(21(27)25-16-4-2-3-13(9-16)12-24)10-20(19)31(28,29)26-18-11-15(22)6-7-17(18)23/h2-11,26H,1H3,(H,25,27). The van der Waals surface area contributed by atoms with Gasteiger partial charge in [0.15, 0.2) is 0 Å². The molecule has 3 aromatic rings. The number of nitriles is 1. The zero-order valence-corrected chi connectivity index (χ0v) is 18.3. The third-order valence-electron chi connectivity index (χ3n) is 4.14. The number of halogens is 2. The van der Waals surface area contributed by atoms with Gasteiger partial charge in [0.05, 0.1) is 29.5 Å². The van der Waals surface area contributed by atoms with E-state index in [4.69, 9.17) is 33.2 Å². The van der Waals surface area contributed by atoms with E-state index in [1.807, 2.05) is 6.07 Å². The molecule has 0 atom stereocenters. The summed E-state index contributed by atoms with van der Waals surface area (Å²) in [7, 11) is -2.86. The molecule has 31 heavy (non-hydrogen) atoms. The Morgan fingerprint density at radius 3 is 2.55 bits per heavy atom. The first-order valence-electron chi connectivity index (χ1n) is 8.71. The van der Waals surface area contributed by atoms with Crippen molar-refractivity contribution >= 4 is 50.5 Å². The normalized spacial score (nSPS) is 10.8. The fourth-order valence-corrected chi connectivity index (χ4v) is 4.33. The molecule has 0 aromatic heterocycles. The Kier molecular flexibility index (Phi) is 6.71. The number of hydrogen-bond acceptors (Lipinski definition) is 5. The van der Waals surface area contributed by atoms with Crippen molar-refractivity contribution in [2.75, 3.05) is 17.1 Å². The Hall–Kier alpha value is -3.25. The van der Waals surface area contributed by atoms with Gasteiger partial charge in [-0.3, -0.25) is 9.52 Å². The predicted molar refractivity (Wildman–Crippen MR) is 119 cm³/mol. The van der Waals surface area contributed by atoms with Gasteiger partial charge in [-0.15, -0.1) is 0 Å². The minimum absolute atomic E-state index is 0.0358. The van der Waals surface area contributed by atoms with Crippen molar-refractivity contribution in [1.82, 2.24) is 0 Å². The van der Waals surface area contributed by atoms with E-state index in [9.17, 15) is 13.2 Å². The summed E-state index contributed by atoms with van der Waals surface area (Å²) in [5, 5.41) is 12.1. The average Bonchev–Trinajstić information content (AvgIpc) is 2.75. The Morgan fingerprint density at radius 2 is 1.84 bits per heavy atom. The van der Waals surface area contributed by atoms with Crippen LogP contribution in [0.25, 0.3) is 0 Å². The summed E-state index contributed by atoms with van der Waals surface area (Å²) in [6, 6.07) is 16.6. The number of amides is 1. The van der Waals surface area contributed by atoms with Crippen LogP contribution in [0.4, 0.5) is 11.4 Å². The molecule has 0 fully saturated rings. The number of sulfonamides is 1. The van der Waals surface area contributed by atoms with Crippen LogP contribution in [0.5, 0.6) is 5.75 Å². The molecule has 0 aliphatic carbocycles. The van der Waals surface area contributed by atoms with Gasteiger partial charge >= 0.3 is 0 Å². The first-order chi connectivity index (χ1) is 14.7. The molecule has 158 valence electrons. The molecule has 3 aromatic carbocycles. The van der Waals surface area contributed by atoms with Gasteiger partial charge in [0.1, 0.15) is 10.6 Å². The van der Waals surface area contributed by atoms with Gasteiger partial charge in [0.2, 0.25) is 0 Å². The Morgan fingerprint density at radius 1 is 1.06 bits per heavy atom. The van der Waals surface area contributed by atoms with Crippen molar-refractivity contribution < 1.29 is 17.9 Å². The predicted octanol–water partition coefficient (Wildman–Crippen LogP) is 4.93. The molecule has 0 unspecified atom stereocenters. The molecular formula is C21H15Cl2N3O4S. The maximum Gasteiger partial charge on any atom is 0.265 e. The molecule has 3 rings (SSSR count). The lowest BCUT2D eigenvalue weighted by Crippen LogP contribution is -2.17. The molecule has 0 heterocycles. The highest BCUT2D eigenvalue weighted by Gasteiger charge is 2.23. The van der Waals surface area contributed by atoms with E-state index in [0.29, 0.717) is 16.3 Å². The molecule has 0 radical (unpaired) electrons. The molecule has 0 saturated carbocycles. The second-order valence-electron chi connectivity index (χ2n) is 6.24. The summed E-state index contributed by atoms with van der Waals surface area (Å²) in [6.07, 6.45) is 0. The zero-order valence-electron chi connectivity index (χ0n) is 16.0. The molecule has 0 saturated heterocycles. The third-order valence-corrected chi connectivity index (χ3v) is 6.09. The zero-order chi connectivity index (χ0) is 22.6. The maximum absolute atomic E-state index is 13.0. The van der Waals surface area contributed by atoms with Crippen molar-refractivity contribution in [2.24, 2.45) is 0 Å². The quantitative estimate of drug-likeness (QED) is 0.525. The minimum Gasteiger partial charge on any atom is -0.495 e. The second kappa shape index (κ2) is 9.27. The van der Waals surface area contributed by atoms with Crippen molar-refractivity contribution in [3.8, 4) is 11.8 Å². The molecule has 0 aliphatic heterocycles. The maximum atomic E-state index is 13.0. The van der Waals surface area contributed by atoms with E-state index in [2.05, 4.69) is 10.0 Å². The smallest absolute Gasteiger partial charge is 0.265 e. The van der Waals surface area contributed by atoms with Crippen molar-refractivity contribution in [1.29, 1.82) is 5.26 Å². The van der Waals surface area contributed by atoms with E-state index >= 15 is 0 Å². The Bertz CT molecular complexity index is 1300. The average molecular weight is 476 g/mol. The number of rotatable bonds is 6. The molecule has 2 N–H and O–H groups in total. The van der Waals surface area contributed by atoms with Crippen LogP contribution in [-0.4, -0.2) is 21.4 Å². The molecule has 1 amide bonds. The summed E-state index contributed by atoms with van der Waals surface area (Å²) < 4.78 is 33.5. The van der Waals surface area contributed by atoms with Crippen LogP contribution in [0.1, 0.15) is 15.9 Å². The summed E-state index contributed by atoms with van der Waals surface area (Å²) in [5.74, 6) is -0.524. The highest BCUT2D eigenvalue weighted by Crippen LogP contribution is 2.31. The van der Waals surface area contributed by atoms with Gasteiger partial charge in [-0.1, -0.05) is 29.3 Å². The fraction of sp³-hybridized carbons (Fsp3) is 0.0476. The van der Waals surface area contributed by atoms with E-state index in [-0.39, 0.29) is 26.9 Å². The number of methoxy groups -OCH3 is 1. The number of benzene rings is 3. The van der Waals surface area contributed by atoms with Gasteiger partial charge in [-0.05, 0) is 54.6 Å².